The highest BCUT2D eigenvalue weighted by atomic mass is 28.4. The minimum Gasteiger partial charge on any atom is -0.497 e. The second-order valence-corrected chi connectivity index (χ2v) is 18.5. The van der Waals surface area contributed by atoms with Crippen molar-refractivity contribution in [3.05, 3.63) is 42.0 Å². The minimum absolute atomic E-state index is 0.0160. The number of carbonyl (C=O) groups is 3. The maximum Gasteiger partial charge on any atom is 0.332 e. The summed E-state index contributed by atoms with van der Waals surface area (Å²) < 4.78 is 17.5. The van der Waals surface area contributed by atoms with E-state index in [9.17, 15) is 14.4 Å². The molecule has 4 rings (SSSR count). The van der Waals surface area contributed by atoms with Crippen LogP contribution in [-0.4, -0.2) is 80.5 Å². The zero-order valence-corrected chi connectivity index (χ0v) is 28.1. The molecule has 0 bridgehead atoms. The molecule has 0 unspecified atom stereocenters. The third-order valence-corrected chi connectivity index (χ3v) is 14.1. The molecule has 3 amide bonds. The maximum absolute atomic E-state index is 14.4. The average Bonchev–Trinajstić information content (AvgIpc) is 3.48. The van der Waals surface area contributed by atoms with E-state index in [1.807, 2.05) is 35.2 Å². The Morgan fingerprint density at radius 2 is 1.84 bits per heavy atom. The standard InChI is InChI=1S/C33H51N3O6Si/c1-8-41-30(38)33-21-25(33)14-12-10-9-11-13-19-35(22-24-15-17-26(40-5)18-16-24)31(39)36-23-27(20-28(36)29(37)34-33)42-43(6,7)32(2,3)4/h12,14-18,25,27-28H,8-11,13,19-23H2,1-7H3,(H,34,37)/b14-12-/t25-,27-,28+,33-/m1/s1. The van der Waals surface area contributed by atoms with Gasteiger partial charge in [0.2, 0.25) is 5.91 Å². The van der Waals surface area contributed by atoms with Crippen molar-refractivity contribution in [2.75, 3.05) is 26.8 Å². The Hall–Kier alpha value is -2.85. The van der Waals surface area contributed by atoms with Gasteiger partial charge in [0.1, 0.15) is 17.3 Å². The van der Waals surface area contributed by atoms with Gasteiger partial charge in [0.25, 0.3) is 0 Å². The number of fused-ring (bicyclic) bond motifs is 2. The summed E-state index contributed by atoms with van der Waals surface area (Å²) in [5.74, 6) is -0.0839. The number of methoxy groups -OCH3 is 1. The van der Waals surface area contributed by atoms with E-state index in [2.05, 4.69) is 45.3 Å². The Kier molecular flexibility index (Phi) is 10.3. The molecule has 1 saturated heterocycles. The summed E-state index contributed by atoms with van der Waals surface area (Å²) >= 11 is 0. The molecule has 1 aromatic carbocycles. The van der Waals surface area contributed by atoms with Gasteiger partial charge < -0.3 is 29.0 Å². The number of hydrogen-bond donors (Lipinski definition) is 1. The molecule has 3 aliphatic rings. The van der Waals surface area contributed by atoms with Crippen molar-refractivity contribution in [1.29, 1.82) is 0 Å². The monoisotopic (exact) mass is 613 g/mol. The van der Waals surface area contributed by atoms with E-state index >= 15 is 0 Å². The first-order valence-electron chi connectivity index (χ1n) is 15.8. The van der Waals surface area contributed by atoms with Crippen molar-refractivity contribution in [3.63, 3.8) is 0 Å². The van der Waals surface area contributed by atoms with E-state index in [1.54, 1.807) is 18.9 Å². The Morgan fingerprint density at radius 1 is 1.12 bits per heavy atom. The van der Waals surface area contributed by atoms with Gasteiger partial charge in [-0.3, -0.25) is 4.79 Å². The summed E-state index contributed by atoms with van der Waals surface area (Å²) in [6.07, 6.45) is 8.50. The third kappa shape index (κ3) is 7.63. The quantitative estimate of drug-likeness (QED) is 0.243. The van der Waals surface area contributed by atoms with Crippen LogP contribution in [0.1, 0.15) is 71.8 Å². The first-order chi connectivity index (χ1) is 20.3. The number of carbonyl (C=O) groups excluding carboxylic acids is 3. The summed E-state index contributed by atoms with van der Waals surface area (Å²) in [7, 11) is -0.540. The number of hydrogen-bond acceptors (Lipinski definition) is 6. The molecule has 0 spiro atoms. The average molecular weight is 614 g/mol. The number of ether oxygens (including phenoxy) is 2. The first kappa shape index (κ1) is 33.0. The summed E-state index contributed by atoms with van der Waals surface area (Å²) in [4.78, 5) is 45.1. The Balaban J connectivity index is 1.65. The lowest BCUT2D eigenvalue weighted by atomic mass is 10.1. The lowest BCUT2D eigenvalue weighted by Crippen LogP contribution is -2.55. The fourth-order valence-corrected chi connectivity index (χ4v) is 7.18. The van der Waals surface area contributed by atoms with E-state index in [-0.39, 0.29) is 35.6 Å². The van der Waals surface area contributed by atoms with E-state index in [1.165, 1.54) is 0 Å². The molecule has 43 heavy (non-hydrogen) atoms. The number of urea groups is 1. The number of amides is 3. The van der Waals surface area contributed by atoms with Gasteiger partial charge >= 0.3 is 12.0 Å². The van der Waals surface area contributed by atoms with Crippen LogP contribution in [0.5, 0.6) is 5.75 Å². The summed E-state index contributed by atoms with van der Waals surface area (Å²) in [5.41, 5.74) is -0.0917. The molecular weight excluding hydrogens is 562 g/mol. The highest BCUT2D eigenvalue weighted by Crippen LogP contribution is 2.46. The van der Waals surface area contributed by atoms with Crippen LogP contribution in [-0.2, 0) is 25.3 Å². The number of nitrogens with one attached hydrogen (secondary N) is 1. The van der Waals surface area contributed by atoms with Crippen LogP contribution < -0.4 is 10.1 Å². The van der Waals surface area contributed by atoms with Crippen molar-refractivity contribution < 1.29 is 28.3 Å². The Morgan fingerprint density at radius 3 is 2.49 bits per heavy atom. The van der Waals surface area contributed by atoms with Crippen LogP contribution in [0.2, 0.25) is 18.1 Å². The van der Waals surface area contributed by atoms with E-state index < -0.39 is 25.9 Å². The van der Waals surface area contributed by atoms with Crippen LogP contribution in [0.25, 0.3) is 0 Å². The second kappa shape index (κ2) is 13.4. The number of rotatable bonds is 7. The van der Waals surface area contributed by atoms with Gasteiger partial charge in [-0.1, -0.05) is 51.5 Å². The van der Waals surface area contributed by atoms with Crippen molar-refractivity contribution in [1.82, 2.24) is 15.1 Å². The molecule has 0 radical (unpaired) electrons. The molecule has 4 atom stereocenters. The van der Waals surface area contributed by atoms with Crippen molar-refractivity contribution in [2.45, 2.75) is 109 Å². The van der Waals surface area contributed by atoms with Crippen LogP contribution in [0, 0.1) is 5.92 Å². The zero-order valence-electron chi connectivity index (χ0n) is 27.1. The number of nitrogens with zero attached hydrogens (tertiary/aromatic N) is 2. The number of esters is 1. The van der Waals surface area contributed by atoms with Gasteiger partial charge in [-0.05, 0) is 68.4 Å². The van der Waals surface area contributed by atoms with Crippen LogP contribution in [0.4, 0.5) is 4.79 Å². The summed E-state index contributed by atoms with van der Waals surface area (Å²) in [5, 5.41) is 3.05. The predicted molar refractivity (Wildman–Crippen MR) is 169 cm³/mol. The van der Waals surface area contributed by atoms with Gasteiger partial charge in [0.05, 0.1) is 19.8 Å². The highest BCUT2D eigenvalue weighted by Gasteiger charge is 2.62. The van der Waals surface area contributed by atoms with Crippen LogP contribution in [0.15, 0.2) is 36.4 Å². The second-order valence-electron chi connectivity index (χ2n) is 13.7. The Labute approximate surface area is 258 Å². The molecule has 1 aromatic rings. The first-order valence-corrected chi connectivity index (χ1v) is 18.7. The van der Waals surface area contributed by atoms with Crippen molar-refractivity contribution in [3.8, 4) is 5.75 Å². The highest BCUT2D eigenvalue weighted by molar-refractivity contribution is 6.74. The normalized spacial score (nSPS) is 27.7. The van der Waals surface area contributed by atoms with E-state index in [0.29, 0.717) is 32.5 Å². The third-order valence-electron chi connectivity index (χ3n) is 9.55. The van der Waals surface area contributed by atoms with Crippen LogP contribution >= 0.6 is 0 Å². The molecule has 0 aromatic heterocycles. The molecule has 9 nitrogen and oxygen atoms in total. The zero-order chi connectivity index (χ0) is 31.4. The molecule has 238 valence electrons. The Bertz CT molecular complexity index is 1180. The molecule has 2 aliphatic heterocycles. The van der Waals surface area contributed by atoms with Gasteiger partial charge in [-0.15, -0.1) is 0 Å². The lowest BCUT2D eigenvalue weighted by Gasteiger charge is -2.38. The van der Waals surface area contributed by atoms with Crippen molar-refractivity contribution >= 4 is 26.2 Å². The molecule has 2 heterocycles. The van der Waals surface area contributed by atoms with Crippen LogP contribution in [0.3, 0.4) is 0 Å². The van der Waals surface area contributed by atoms with Gasteiger partial charge in [0, 0.05) is 32.0 Å². The minimum atomic E-state index is -2.17. The van der Waals surface area contributed by atoms with Gasteiger partial charge in [-0.25, -0.2) is 9.59 Å². The molecular formula is C33H51N3O6Si. The molecule has 2 fully saturated rings. The fraction of sp³-hybridized carbons (Fsp3) is 0.667. The maximum atomic E-state index is 14.4. The van der Waals surface area contributed by atoms with E-state index in [4.69, 9.17) is 13.9 Å². The number of allylic oxidation sites excluding steroid dienone is 1. The fourth-order valence-electron chi connectivity index (χ4n) is 5.83. The summed E-state index contributed by atoms with van der Waals surface area (Å²) in [6.45, 7) is 14.3. The number of benzene rings is 1. The van der Waals surface area contributed by atoms with E-state index in [0.717, 1.165) is 37.0 Å². The SMILES string of the molecule is CCOC(=O)[C@@]12C[C@H]1/C=C\CCCCCN(Cc1ccc(OC)cc1)C(=O)N1C[C@H](O[Si](C)(C)C(C)(C)C)C[C@H]1C(=O)N2. The topological polar surface area (TPSA) is 97.4 Å². The predicted octanol–water partition coefficient (Wildman–Crippen LogP) is 5.65. The molecule has 1 saturated carbocycles. The lowest BCUT2D eigenvalue weighted by molar-refractivity contribution is -0.149. The van der Waals surface area contributed by atoms with Crippen molar-refractivity contribution in [2.24, 2.45) is 5.92 Å². The summed E-state index contributed by atoms with van der Waals surface area (Å²) in [6, 6.07) is 6.82. The smallest absolute Gasteiger partial charge is 0.332 e. The molecule has 1 aliphatic carbocycles. The van der Waals surface area contributed by atoms with Gasteiger partial charge in [0.15, 0.2) is 8.32 Å². The molecule has 1 N–H and O–H groups in total. The van der Waals surface area contributed by atoms with Gasteiger partial charge in [-0.2, -0.15) is 0 Å². The molecule has 10 heteroatoms. The largest absolute Gasteiger partial charge is 0.497 e.